The number of carbonyl (C=O) groups is 1. The number of thioether (sulfide) groups is 1. The van der Waals surface area contributed by atoms with Crippen molar-refractivity contribution >= 4 is 23.4 Å². The quantitative estimate of drug-likeness (QED) is 0.619. The number of aromatic nitrogens is 3. The maximum absolute atomic E-state index is 12.3. The molecule has 0 bridgehead atoms. The Kier molecular flexibility index (Phi) is 5.15. The molecule has 1 atom stereocenters. The van der Waals surface area contributed by atoms with Gasteiger partial charge in [0.25, 0.3) is 0 Å². The predicted molar refractivity (Wildman–Crippen MR) is 77.2 cm³/mol. The summed E-state index contributed by atoms with van der Waals surface area (Å²) in [5.74, 6) is 5.05. The van der Waals surface area contributed by atoms with Crippen LogP contribution in [0.4, 0.5) is 14.5 Å². The van der Waals surface area contributed by atoms with Gasteiger partial charge in [-0.15, -0.1) is 10.2 Å². The molecule has 1 aromatic heterocycles. The van der Waals surface area contributed by atoms with E-state index in [0.29, 0.717) is 5.16 Å². The van der Waals surface area contributed by atoms with Gasteiger partial charge in [0.05, 0.1) is 10.9 Å². The molecule has 0 saturated carbocycles. The average Bonchev–Trinajstić information content (AvgIpc) is 2.85. The molecular formula is C12H13F2N5O2S. The SMILES string of the molecule is C[C@@H](Sc1nncn1N)C(=O)Nc1ccccc1OC(F)F. The highest BCUT2D eigenvalue weighted by Gasteiger charge is 2.19. The topological polar surface area (TPSA) is 95.1 Å². The number of amides is 1. The highest BCUT2D eigenvalue weighted by atomic mass is 32.2. The van der Waals surface area contributed by atoms with Crippen LogP contribution in [0.1, 0.15) is 6.92 Å². The number of nitrogen functional groups attached to an aromatic ring is 1. The zero-order valence-corrected chi connectivity index (χ0v) is 12.3. The highest BCUT2D eigenvalue weighted by molar-refractivity contribution is 8.00. The van der Waals surface area contributed by atoms with Crippen molar-refractivity contribution in [3.63, 3.8) is 0 Å². The summed E-state index contributed by atoms with van der Waals surface area (Å²) in [5, 5.41) is 9.67. The minimum Gasteiger partial charge on any atom is -0.433 e. The van der Waals surface area contributed by atoms with Crippen LogP contribution in [0.3, 0.4) is 0 Å². The van der Waals surface area contributed by atoms with Crippen molar-refractivity contribution in [2.24, 2.45) is 0 Å². The summed E-state index contributed by atoms with van der Waals surface area (Å²) in [6.45, 7) is -1.34. The normalized spacial score (nSPS) is 12.2. The summed E-state index contributed by atoms with van der Waals surface area (Å²) >= 11 is 1.09. The summed E-state index contributed by atoms with van der Waals surface area (Å²) in [7, 11) is 0. The molecule has 0 spiro atoms. The van der Waals surface area contributed by atoms with Crippen LogP contribution >= 0.6 is 11.8 Å². The molecule has 0 radical (unpaired) electrons. The molecule has 10 heteroatoms. The van der Waals surface area contributed by atoms with Crippen molar-refractivity contribution in [2.45, 2.75) is 23.9 Å². The Morgan fingerprint density at radius 2 is 2.18 bits per heavy atom. The first kappa shape index (κ1) is 16.0. The van der Waals surface area contributed by atoms with E-state index in [1.165, 1.54) is 29.2 Å². The van der Waals surface area contributed by atoms with Gasteiger partial charge < -0.3 is 15.9 Å². The number of para-hydroxylation sites is 2. The maximum Gasteiger partial charge on any atom is 0.387 e. The highest BCUT2D eigenvalue weighted by Crippen LogP contribution is 2.27. The second-order valence-corrected chi connectivity index (χ2v) is 5.45. The van der Waals surface area contributed by atoms with Crippen LogP contribution in [-0.4, -0.2) is 32.6 Å². The number of alkyl halides is 2. The van der Waals surface area contributed by atoms with E-state index < -0.39 is 17.8 Å². The van der Waals surface area contributed by atoms with Gasteiger partial charge in [0.15, 0.2) is 0 Å². The molecule has 0 saturated heterocycles. The molecule has 0 aliphatic heterocycles. The van der Waals surface area contributed by atoms with Gasteiger partial charge in [0, 0.05) is 0 Å². The molecule has 0 fully saturated rings. The summed E-state index contributed by atoms with van der Waals surface area (Å²) in [5.41, 5.74) is 0.162. The number of hydrogen-bond acceptors (Lipinski definition) is 6. The van der Waals surface area contributed by atoms with Crippen molar-refractivity contribution in [1.29, 1.82) is 0 Å². The number of rotatable bonds is 6. The third kappa shape index (κ3) is 4.07. The van der Waals surface area contributed by atoms with Gasteiger partial charge in [-0.05, 0) is 19.1 Å². The summed E-state index contributed by atoms with van der Waals surface area (Å²) in [6, 6.07) is 5.94. The van der Waals surface area contributed by atoms with Crippen LogP contribution in [0.5, 0.6) is 5.75 Å². The lowest BCUT2D eigenvalue weighted by molar-refractivity contribution is -0.115. The fraction of sp³-hybridized carbons (Fsp3) is 0.250. The fourth-order valence-corrected chi connectivity index (χ4v) is 2.28. The van der Waals surface area contributed by atoms with Crippen molar-refractivity contribution in [2.75, 3.05) is 11.2 Å². The van der Waals surface area contributed by atoms with Gasteiger partial charge in [-0.2, -0.15) is 8.78 Å². The van der Waals surface area contributed by atoms with Crippen molar-refractivity contribution < 1.29 is 18.3 Å². The minimum absolute atomic E-state index is 0.106. The first-order valence-electron chi connectivity index (χ1n) is 6.14. The number of nitrogens with two attached hydrogens (primary N) is 1. The van der Waals surface area contributed by atoms with Gasteiger partial charge in [0.2, 0.25) is 11.1 Å². The Morgan fingerprint density at radius 3 is 2.82 bits per heavy atom. The molecule has 1 amide bonds. The molecule has 3 N–H and O–H groups in total. The summed E-state index contributed by atoms with van der Waals surface area (Å²) in [4.78, 5) is 12.1. The standard InChI is InChI=1S/C12H13F2N5O2S/c1-7(22-12-18-16-6-19(12)15)10(20)17-8-4-2-3-5-9(8)21-11(13)14/h2-7,11H,15H2,1H3,(H,17,20)/t7-/m1/s1. The Balaban J connectivity index is 2.04. The smallest absolute Gasteiger partial charge is 0.387 e. The number of halogens is 2. The van der Waals surface area contributed by atoms with E-state index >= 15 is 0 Å². The van der Waals surface area contributed by atoms with E-state index in [-0.39, 0.29) is 11.4 Å². The lowest BCUT2D eigenvalue weighted by atomic mass is 10.3. The number of nitrogens with one attached hydrogen (secondary N) is 1. The zero-order valence-electron chi connectivity index (χ0n) is 11.4. The van der Waals surface area contributed by atoms with Crippen LogP contribution in [0.25, 0.3) is 0 Å². The fourth-order valence-electron chi connectivity index (χ4n) is 1.53. The van der Waals surface area contributed by atoms with Crippen LogP contribution in [-0.2, 0) is 4.79 Å². The van der Waals surface area contributed by atoms with Crippen molar-refractivity contribution in [3.8, 4) is 5.75 Å². The number of anilines is 1. The third-order valence-electron chi connectivity index (χ3n) is 2.55. The molecule has 118 valence electrons. The number of ether oxygens (including phenoxy) is 1. The molecule has 22 heavy (non-hydrogen) atoms. The molecule has 0 aliphatic carbocycles. The van der Waals surface area contributed by atoms with Gasteiger partial charge in [0.1, 0.15) is 12.1 Å². The Morgan fingerprint density at radius 1 is 1.45 bits per heavy atom. The van der Waals surface area contributed by atoms with Gasteiger partial charge in [-0.1, -0.05) is 23.9 Å². The monoisotopic (exact) mass is 329 g/mol. The molecule has 2 aromatic rings. The third-order valence-corrected chi connectivity index (χ3v) is 3.62. The van der Waals surface area contributed by atoms with E-state index in [9.17, 15) is 13.6 Å². The number of hydrogen-bond donors (Lipinski definition) is 2. The summed E-state index contributed by atoms with van der Waals surface area (Å²) < 4.78 is 30.2. The van der Waals surface area contributed by atoms with E-state index in [1.807, 2.05) is 0 Å². The molecule has 1 aromatic carbocycles. The summed E-state index contributed by atoms with van der Waals surface area (Å²) in [6.07, 6.45) is 1.30. The van der Waals surface area contributed by atoms with Crippen LogP contribution < -0.4 is 15.9 Å². The van der Waals surface area contributed by atoms with Crippen molar-refractivity contribution in [3.05, 3.63) is 30.6 Å². The second kappa shape index (κ2) is 7.07. The van der Waals surface area contributed by atoms with Crippen molar-refractivity contribution in [1.82, 2.24) is 14.9 Å². The van der Waals surface area contributed by atoms with Gasteiger partial charge in [-0.25, -0.2) is 4.68 Å². The van der Waals surface area contributed by atoms with Crippen LogP contribution in [0, 0.1) is 0 Å². The van der Waals surface area contributed by atoms with Gasteiger partial charge in [-0.3, -0.25) is 4.79 Å². The molecule has 0 unspecified atom stereocenters. The first-order chi connectivity index (χ1) is 10.5. The van der Waals surface area contributed by atoms with E-state index in [0.717, 1.165) is 11.8 Å². The van der Waals surface area contributed by atoms with Gasteiger partial charge >= 0.3 is 6.61 Å². The Bertz CT molecular complexity index is 652. The van der Waals surface area contributed by atoms with E-state index in [1.54, 1.807) is 13.0 Å². The second-order valence-electron chi connectivity index (χ2n) is 4.14. The first-order valence-corrected chi connectivity index (χ1v) is 7.02. The molecule has 7 nitrogen and oxygen atoms in total. The average molecular weight is 329 g/mol. The predicted octanol–water partition coefficient (Wildman–Crippen LogP) is 1.71. The van der Waals surface area contributed by atoms with E-state index in [4.69, 9.17) is 5.84 Å². The number of carbonyl (C=O) groups excluding carboxylic acids is 1. The zero-order chi connectivity index (χ0) is 16.1. The molecule has 2 rings (SSSR count). The van der Waals surface area contributed by atoms with E-state index in [2.05, 4.69) is 20.3 Å². The maximum atomic E-state index is 12.3. The Labute approximate surface area is 128 Å². The molecular weight excluding hydrogens is 316 g/mol. The number of benzene rings is 1. The Hall–Kier alpha value is -2.36. The lowest BCUT2D eigenvalue weighted by Gasteiger charge is -2.14. The van der Waals surface area contributed by atoms with Crippen LogP contribution in [0.15, 0.2) is 35.7 Å². The molecule has 0 aliphatic rings. The molecule has 1 heterocycles. The minimum atomic E-state index is -2.97. The number of nitrogens with zero attached hydrogens (tertiary/aromatic N) is 3. The largest absolute Gasteiger partial charge is 0.433 e. The van der Waals surface area contributed by atoms with Crippen LogP contribution in [0.2, 0.25) is 0 Å². The lowest BCUT2D eigenvalue weighted by Crippen LogP contribution is -2.24.